The number of primary amides is 1. The second-order valence-electron chi connectivity index (χ2n) is 10.5. The molecule has 4 rings (SSSR count). The number of urea groups is 1. The van der Waals surface area contributed by atoms with Crippen molar-refractivity contribution in [2.75, 3.05) is 32.7 Å². The molecule has 1 aliphatic heterocycles. The van der Waals surface area contributed by atoms with Crippen LogP contribution in [-0.4, -0.2) is 67.7 Å². The zero-order valence-electron chi connectivity index (χ0n) is 23.4. The van der Waals surface area contributed by atoms with Gasteiger partial charge in [-0.05, 0) is 81.8 Å². The van der Waals surface area contributed by atoms with Crippen LogP contribution >= 0.6 is 0 Å². The van der Waals surface area contributed by atoms with Gasteiger partial charge in [0.1, 0.15) is 5.75 Å². The van der Waals surface area contributed by atoms with Crippen LogP contribution in [0.1, 0.15) is 49.7 Å². The molecule has 2 aromatic rings. The molecule has 3 amide bonds. The van der Waals surface area contributed by atoms with Gasteiger partial charge in [0.15, 0.2) is 0 Å². The predicted molar refractivity (Wildman–Crippen MR) is 150 cm³/mol. The maximum Gasteiger partial charge on any atom is 0.324 e. The number of hydrogen-bond acceptors (Lipinski definition) is 6. The van der Waals surface area contributed by atoms with Crippen molar-refractivity contribution >= 4 is 29.3 Å². The number of carbonyl (C=O) groups is 3. The van der Waals surface area contributed by atoms with E-state index in [2.05, 4.69) is 11.9 Å². The number of aryl methyl sites for hydroxylation is 1. The Balaban J connectivity index is 1.46. The number of rotatable bonds is 8. The molecule has 0 aromatic heterocycles. The number of nitrogens with zero attached hydrogens (tertiary/aromatic N) is 3. The van der Waals surface area contributed by atoms with E-state index in [-0.39, 0.29) is 30.4 Å². The van der Waals surface area contributed by atoms with Gasteiger partial charge in [-0.25, -0.2) is 4.79 Å². The largest absolute Gasteiger partial charge is 0.495 e. The van der Waals surface area contributed by atoms with Crippen molar-refractivity contribution in [3.63, 3.8) is 0 Å². The number of hydrogen-bond donors (Lipinski definition) is 1. The van der Waals surface area contributed by atoms with E-state index in [0.717, 1.165) is 56.2 Å². The molecule has 2 aromatic carbocycles. The first-order valence-corrected chi connectivity index (χ1v) is 13.7. The standard InChI is InChI=1S/C30H40N4O5/c1-20-8-5-6-9-24(20)34(30(31)37)25-16-11-21(18-26(25)38-3)19-28(35)33-17-7-10-27(33)32(2)23-14-12-22(13-15-23)29(36)39-4/h5-6,8-9,11,16,18,22-23,27H,7,10,12-15,17,19H2,1-4H3,(H2,31,37)/t22-,23+,27?. The maximum atomic E-state index is 13.5. The Bertz CT molecular complexity index is 1190. The quantitative estimate of drug-likeness (QED) is 0.502. The highest BCUT2D eigenvalue weighted by molar-refractivity contribution is 6.00. The van der Waals surface area contributed by atoms with Gasteiger partial charge in [-0.3, -0.25) is 19.4 Å². The van der Waals surface area contributed by atoms with Crippen molar-refractivity contribution in [1.82, 2.24) is 9.80 Å². The number of nitrogens with two attached hydrogens (primary N) is 1. The van der Waals surface area contributed by atoms with Crippen LogP contribution in [-0.2, 0) is 20.7 Å². The van der Waals surface area contributed by atoms with Crippen molar-refractivity contribution < 1.29 is 23.9 Å². The lowest BCUT2D eigenvalue weighted by atomic mass is 9.85. The molecule has 9 heteroatoms. The van der Waals surface area contributed by atoms with Gasteiger partial charge >= 0.3 is 12.0 Å². The van der Waals surface area contributed by atoms with E-state index in [4.69, 9.17) is 15.2 Å². The first-order chi connectivity index (χ1) is 18.7. The number of para-hydroxylation sites is 1. The van der Waals surface area contributed by atoms with E-state index in [1.165, 1.54) is 12.0 Å². The summed E-state index contributed by atoms with van der Waals surface area (Å²) in [6.07, 6.45) is 5.66. The topological polar surface area (TPSA) is 105 Å². The second-order valence-corrected chi connectivity index (χ2v) is 10.5. The molecule has 2 aliphatic rings. The second kappa shape index (κ2) is 12.5. The predicted octanol–water partition coefficient (Wildman–Crippen LogP) is 4.38. The molecule has 0 spiro atoms. The number of likely N-dealkylation sites (tertiary alicyclic amines) is 1. The number of benzene rings is 2. The SMILES string of the molecule is COc1cc(CC(=O)N2CCCC2N(C)[C@H]2CC[C@@H](C(=O)OC)CC2)ccc1N(C(N)=O)c1ccccc1C. The minimum Gasteiger partial charge on any atom is -0.495 e. The lowest BCUT2D eigenvalue weighted by Gasteiger charge is -2.40. The van der Waals surface area contributed by atoms with Crippen molar-refractivity contribution in [1.29, 1.82) is 0 Å². The third-order valence-electron chi connectivity index (χ3n) is 8.24. The summed E-state index contributed by atoms with van der Waals surface area (Å²) < 4.78 is 10.6. The van der Waals surface area contributed by atoms with E-state index in [1.807, 2.05) is 48.2 Å². The van der Waals surface area contributed by atoms with Crippen LogP contribution in [0, 0.1) is 12.8 Å². The summed E-state index contributed by atoms with van der Waals surface area (Å²) in [5, 5.41) is 0. The summed E-state index contributed by atoms with van der Waals surface area (Å²) in [6.45, 7) is 2.64. The Labute approximate surface area is 230 Å². The molecule has 1 aliphatic carbocycles. The van der Waals surface area contributed by atoms with Gasteiger partial charge in [0, 0.05) is 12.6 Å². The zero-order chi connectivity index (χ0) is 28.1. The van der Waals surface area contributed by atoms with Gasteiger partial charge in [0.25, 0.3) is 0 Å². The number of carbonyl (C=O) groups excluding carboxylic acids is 3. The number of amides is 3. The highest BCUT2D eigenvalue weighted by Gasteiger charge is 2.37. The highest BCUT2D eigenvalue weighted by atomic mass is 16.5. The molecule has 2 fully saturated rings. The summed E-state index contributed by atoms with van der Waals surface area (Å²) in [7, 11) is 5.09. The Morgan fingerprint density at radius 3 is 2.36 bits per heavy atom. The fraction of sp³-hybridized carbons (Fsp3) is 0.500. The van der Waals surface area contributed by atoms with Crippen LogP contribution < -0.4 is 15.4 Å². The van der Waals surface area contributed by atoms with Crippen molar-refractivity contribution in [2.45, 2.75) is 64.1 Å². The molecular formula is C30H40N4O5. The lowest BCUT2D eigenvalue weighted by Crippen LogP contribution is -2.51. The number of methoxy groups -OCH3 is 2. The molecule has 1 atom stereocenters. The zero-order valence-corrected chi connectivity index (χ0v) is 23.4. The molecule has 1 saturated heterocycles. The molecule has 1 saturated carbocycles. The highest BCUT2D eigenvalue weighted by Crippen LogP contribution is 2.37. The molecule has 9 nitrogen and oxygen atoms in total. The van der Waals surface area contributed by atoms with E-state index in [9.17, 15) is 14.4 Å². The number of anilines is 2. The first kappa shape index (κ1) is 28.4. The van der Waals surface area contributed by atoms with Gasteiger partial charge in [0.2, 0.25) is 5.91 Å². The summed E-state index contributed by atoms with van der Waals surface area (Å²) in [4.78, 5) is 43.6. The molecule has 1 unspecified atom stereocenters. The summed E-state index contributed by atoms with van der Waals surface area (Å²) >= 11 is 0. The third-order valence-corrected chi connectivity index (χ3v) is 8.24. The van der Waals surface area contributed by atoms with Crippen LogP contribution in [0.2, 0.25) is 0 Å². The molecule has 0 bridgehead atoms. The van der Waals surface area contributed by atoms with Crippen LogP contribution in [0.4, 0.5) is 16.2 Å². The normalized spacial score (nSPS) is 21.1. The summed E-state index contributed by atoms with van der Waals surface area (Å²) in [5.41, 5.74) is 8.68. The number of ether oxygens (including phenoxy) is 2. The lowest BCUT2D eigenvalue weighted by molar-refractivity contribution is -0.147. The summed E-state index contributed by atoms with van der Waals surface area (Å²) in [5.74, 6) is 0.399. The van der Waals surface area contributed by atoms with E-state index in [0.29, 0.717) is 23.2 Å². The molecule has 210 valence electrons. The fourth-order valence-electron chi connectivity index (χ4n) is 6.07. The van der Waals surface area contributed by atoms with E-state index < -0.39 is 6.03 Å². The van der Waals surface area contributed by atoms with Crippen LogP contribution in [0.25, 0.3) is 0 Å². The van der Waals surface area contributed by atoms with Gasteiger partial charge in [-0.15, -0.1) is 0 Å². The molecule has 1 heterocycles. The molecule has 39 heavy (non-hydrogen) atoms. The minimum atomic E-state index is -0.616. The summed E-state index contributed by atoms with van der Waals surface area (Å²) in [6, 6.07) is 12.7. The average molecular weight is 537 g/mol. The van der Waals surface area contributed by atoms with Crippen molar-refractivity contribution in [3.8, 4) is 5.75 Å². The molecule has 0 radical (unpaired) electrons. The number of esters is 1. The van der Waals surface area contributed by atoms with Gasteiger partial charge in [-0.1, -0.05) is 24.3 Å². The van der Waals surface area contributed by atoms with Crippen LogP contribution in [0.5, 0.6) is 5.75 Å². The Morgan fingerprint density at radius 1 is 1.00 bits per heavy atom. The average Bonchev–Trinajstić information content (AvgIpc) is 3.44. The Morgan fingerprint density at radius 2 is 1.72 bits per heavy atom. The minimum absolute atomic E-state index is 0.0183. The van der Waals surface area contributed by atoms with E-state index >= 15 is 0 Å². The smallest absolute Gasteiger partial charge is 0.324 e. The first-order valence-electron chi connectivity index (χ1n) is 13.7. The van der Waals surface area contributed by atoms with Gasteiger partial charge < -0.3 is 20.1 Å². The van der Waals surface area contributed by atoms with Gasteiger partial charge in [-0.2, -0.15) is 0 Å². The Hall–Kier alpha value is -3.59. The van der Waals surface area contributed by atoms with Crippen LogP contribution in [0.3, 0.4) is 0 Å². The van der Waals surface area contributed by atoms with Gasteiger partial charge in [0.05, 0.1) is 44.1 Å². The van der Waals surface area contributed by atoms with Crippen LogP contribution in [0.15, 0.2) is 42.5 Å². The maximum absolute atomic E-state index is 13.5. The third kappa shape index (κ3) is 6.19. The molecular weight excluding hydrogens is 496 g/mol. The fourth-order valence-corrected chi connectivity index (χ4v) is 6.07. The van der Waals surface area contributed by atoms with Crippen molar-refractivity contribution in [2.24, 2.45) is 11.7 Å². The van der Waals surface area contributed by atoms with E-state index in [1.54, 1.807) is 13.2 Å². The monoisotopic (exact) mass is 536 g/mol. The van der Waals surface area contributed by atoms with Crippen molar-refractivity contribution in [3.05, 3.63) is 53.6 Å². The molecule has 2 N–H and O–H groups in total. The Kier molecular flexibility index (Phi) is 9.12.